The molecule has 0 aliphatic heterocycles. The Morgan fingerprint density at radius 1 is 1.29 bits per heavy atom. The van der Waals surface area contributed by atoms with Gasteiger partial charge in [0.25, 0.3) is 5.56 Å². The Labute approximate surface area is 84.0 Å². The summed E-state index contributed by atoms with van der Waals surface area (Å²) >= 11 is 0. The molecule has 1 rings (SSSR count). The molecule has 0 saturated carbocycles. The van der Waals surface area contributed by atoms with Crippen molar-refractivity contribution in [3.63, 3.8) is 0 Å². The minimum atomic E-state index is -0.0422. The van der Waals surface area contributed by atoms with Crippen molar-refractivity contribution >= 4 is 5.95 Å². The predicted molar refractivity (Wildman–Crippen MR) is 57.9 cm³/mol. The summed E-state index contributed by atoms with van der Waals surface area (Å²) in [5.41, 5.74) is 1.45. The van der Waals surface area contributed by atoms with E-state index >= 15 is 0 Å². The van der Waals surface area contributed by atoms with E-state index in [-0.39, 0.29) is 5.56 Å². The third-order valence-electron chi connectivity index (χ3n) is 2.45. The van der Waals surface area contributed by atoms with Gasteiger partial charge in [-0.3, -0.25) is 9.78 Å². The molecule has 1 heterocycles. The number of hydrogen-bond acceptors (Lipinski definition) is 3. The number of hydrogen-bond donors (Lipinski definition) is 1. The van der Waals surface area contributed by atoms with Crippen LogP contribution in [0.2, 0.25) is 0 Å². The Morgan fingerprint density at radius 3 is 2.29 bits per heavy atom. The van der Waals surface area contributed by atoms with Crippen molar-refractivity contribution in [1.82, 2.24) is 9.97 Å². The van der Waals surface area contributed by atoms with E-state index in [0.717, 1.165) is 18.8 Å². The average molecular weight is 195 g/mol. The zero-order chi connectivity index (χ0) is 10.7. The van der Waals surface area contributed by atoms with Gasteiger partial charge in [-0.2, -0.15) is 0 Å². The van der Waals surface area contributed by atoms with Gasteiger partial charge in [0.15, 0.2) is 0 Å². The SMILES string of the molecule is CCN(CC)c1nc(C)c(C)c(=O)[nH]1. The smallest absolute Gasteiger partial charge is 0.255 e. The predicted octanol–water partition coefficient (Wildman–Crippen LogP) is 1.23. The number of nitrogens with one attached hydrogen (secondary N) is 1. The van der Waals surface area contributed by atoms with E-state index in [1.165, 1.54) is 0 Å². The number of nitrogens with zero attached hydrogens (tertiary/aromatic N) is 2. The molecule has 0 aliphatic rings. The molecule has 14 heavy (non-hydrogen) atoms. The minimum absolute atomic E-state index is 0.0422. The van der Waals surface area contributed by atoms with Gasteiger partial charge < -0.3 is 4.90 Å². The summed E-state index contributed by atoms with van der Waals surface area (Å²) in [7, 11) is 0. The van der Waals surface area contributed by atoms with Crippen LogP contribution < -0.4 is 10.5 Å². The molecule has 0 saturated heterocycles. The second-order valence-electron chi connectivity index (χ2n) is 3.27. The molecule has 4 nitrogen and oxygen atoms in total. The molecule has 1 N–H and O–H groups in total. The maximum absolute atomic E-state index is 11.5. The van der Waals surface area contributed by atoms with Crippen molar-refractivity contribution in [2.45, 2.75) is 27.7 Å². The van der Waals surface area contributed by atoms with E-state index < -0.39 is 0 Å². The van der Waals surface area contributed by atoms with Gasteiger partial charge in [-0.05, 0) is 27.7 Å². The lowest BCUT2D eigenvalue weighted by molar-refractivity contribution is 0.807. The molecule has 0 aromatic carbocycles. The zero-order valence-electron chi connectivity index (χ0n) is 9.22. The summed E-state index contributed by atoms with van der Waals surface area (Å²) in [5.74, 6) is 0.670. The number of aryl methyl sites for hydroxylation is 1. The highest BCUT2D eigenvalue weighted by atomic mass is 16.1. The fourth-order valence-electron chi connectivity index (χ4n) is 1.30. The number of anilines is 1. The third kappa shape index (κ3) is 1.95. The molecular weight excluding hydrogens is 178 g/mol. The van der Waals surface area contributed by atoms with Gasteiger partial charge in [-0.25, -0.2) is 4.98 Å². The first-order valence-electron chi connectivity index (χ1n) is 4.92. The van der Waals surface area contributed by atoms with Gasteiger partial charge in [0.1, 0.15) is 0 Å². The molecule has 0 fully saturated rings. The molecular formula is C10H17N3O. The van der Waals surface area contributed by atoms with E-state index in [4.69, 9.17) is 0 Å². The van der Waals surface area contributed by atoms with Crippen LogP contribution >= 0.6 is 0 Å². The Bertz CT molecular complexity index is 366. The molecule has 0 aliphatic carbocycles. The lowest BCUT2D eigenvalue weighted by Crippen LogP contribution is -2.28. The summed E-state index contributed by atoms with van der Waals surface area (Å²) in [5, 5.41) is 0. The Balaban J connectivity index is 3.18. The van der Waals surface area contributed by atoms with E-state index in [9.17, 15) is 4.79 Å². The molecule has 1 aromatic rings. The second kappa shape index (κ2) is 4.26. The van der Waals surface area contributed by atoms with Crippen LogP contribution in [-0.2, 0) is 0 Å². The summed E-state index contributed by atoms with van der Waals surface area (Å²) in [6.07, 6.45) is 0. The van der Waals surface area contributed by atoms with Gasteiger partial charge in [-0.1, -0.05) is 0 Å². The second-order valence-corrected chi connectivity index (χ2v) is 3.27. The average Bonchev–Trinajstić information content (AvgIpc) is 2.16. The van der Waals surface area contributed by atoms with E-state index in [1.54, 1.807) is 6.92 Å². The number of H-pyrrole nitrogens is 1. The van der Waals surface area contributed by atoms with Crippen molar-refractivity contribution < 1.29 is 0 Å². The lowest BCUT2D eigenvalue weighted by atomic mass is 10.3. The molecule has 0 unspecified atom stereocenters. The first-order chi connectivity index (χ1) is 6.60. The number of aromatic nitrogens is 2. The fourth-order valence-corrected chi connectivity index (χ4v) is 1.30. The van der Waals surface area contributed by atoms with Crippen LogP contribution in [0.5, 0.6) is 0 Å². The normalized spacial score (nSPS) is 10.3. The van der Waals surface area contributed by atoms with Crippen molar-refractivity contribution in [3.8, 4) is 0 Å². The highest BCUT2D eigenvalue weighted by molar-refractivity contribution is 5.31. The van der Waals surface area contributed by atoms with Crippen molar-refractivity contribution in [3.05, 3.63) is 21.6 Å². The van der Waals surface area contributed by atoms with Crippen LogP contribution in [0.3, 0.4) is 0 Å². The van der Waals surface area contributed by atoms with Crippen LogP contribution in [0.1, 0.15) is 25.1 Å². The molecule has 0 radical (unpaired) electrons. The van der Waals surface area contributed by atoms with Gasteiger partial charge in [0.2, 0.25) is 5.95 Å². The van der Waals surface area contributed by atoms with E-state index in [1.807, 2.05) is 25.7 Å². The molecule has 0 bridgehead atoms. The van der Waals surface area contributed by atoms with Crippen LogP contribution in [0.25, 0.3) is 0 Å². The highest BCUT2D eigenvalue weighted by Gasteiger charge is 2.07. The van der Waals surface area contributed by atoms with Crippen LogP contribution in [-0.4, -0.2) is 23.1 Å². The fraction of sp³-hybridized carbons (Fsp3) is 0.600. The summed E-state index contributed by atoms with van der Waals surface area (Å²) in [6.45, 7) is 9.42. The van der Waals surface area contributed by atoms with Crippen molar-refractivity contribution in [2.24, 2.45) is 0 Å². The summed E-state index contributed by atoms with van der Waals surface area (Å²) in [4.78, 5) is 20.6. The maximum Gasteiger partial charge on any atom is 0.255 e. The molecule has 0 amide bonds. The molecule has 4 heteroatoms. The van der Waals surface area contributed by atoms with Crippen LogP contribution in [0.4, 0.5) is 5.95 Å². The van der Waals surface area contributed by atoms with E-state index in [2.05, 4.69) is 9.97 Å². The Hall–Kier alpha value is -1.32. The molecule has 78 valence electrons. The summed E-state index contributed by atoms with van der Waals surface area (Å²) in [6, 6.07) is 0. The molecule has 0 spiro atoms. The van der Waals surface area contributed by atoms with Crippen LogP contribution in [0, 0.1) is 13.8 Å². The third-order valence-corrected chi connectivity index (χ3v) is 2.45. The van der Waals surface area contributed by atoms with Crippen molar-refractivity contribution in [2.75, 3.05) is 18.0 Å². The monoisotopic (exact) mass is 195 g/mol. The lowest BCUT2D eigenvalue weighted by Gasteiger charge is -2.19. The van der Waals surface area contributed by atoms with E-state index in [0.29, 0.717) is 11.5 Å². The Morgan fingerprint density at radius 2 is 1.86 bits per heavy atom. The first kappa shape index (κ1) is 10.8. The van der Waals surface area contributed by atoms with Crippen molar-refractivity contribution in [1.29, 1.82) is 0 Å². The summed E-state index contributed by atoms with van der Waals surface area (Å²) < 4.78 is 0. The molecule has 0 atom stereocenters. The largest absolute Gasteiger partial charge is 0.343 e. The van der Waals surface area contributed by atoms with Gasteiger partial charge in [0.05, 0.1) is 0 Å². The zero-order valence-corrected chi connectivity index (χ0v) is 9.22. The number of aromatic amines is 1. The molecule has 1 aromatic heterocycles. The maximum atomic E-state index is 11.5. The first-order valence-corrected chi connectivity index (χ1v) is 4.92. The number of rotatable bonds is 3. The standard InChI is InChI=1S/C10H17N3O/c1-5-13(6-2)10-11-8(4)7(3)9(14)12-10/h5-6H2,1-4H3,(H,11,12,14). The van der Waals surface area contributed by atoms with Gasteiger partial charge >= 0.3 is 0 Å². The van der Waals surface area contributed by atoms with Gasteiger partial charge in [0, 0.05) is 24.3 Å². The highest BCUT2D eigenvalue weighted by Crippen LogP contribution is 2.06. The quantitative estimate of drug-likeness (QED) is 0.789. The topological polar surface area (TPSA) is 49.0 Å². The minimum Gasteiger partial charge on any atom is -0.343 e. The Kier molecular flexibility index (Phi) is 3.28. The van der Waals surface area contributed by atoms with Gasteiger partial charge in [-0.15, -0.1) is 0 Å². The van der Waals surface area contributed by atoms with Crippen LogP contribution in [0.15, 0.2) is 4.79 Å².